The summed E-state index contributed by atoms with van der Waals surface area (Å²) < 4.78 is 0. The van der Waals surface area contributed by atoms with Crippen LogP contribution in [0.25, 0.3) is 0 Å². The SMILES string of the molecule is Cc1cccc(N2CCN(CC(=O)N(Cc3ccccc3)C(C)C)CC2)c1C. The zero-order valence-corrected chi connectivity index (χ0v) is 17.7. The lowest BCUT2D eigenvalue weighted by Gasteiger charge is -2.38. The van der Waals surface area contributed by atoms with Crippen molar-refractivity contribution in [3.8, 4) is 0 Å². The van der Waals surface area contributed by atoms with Crippen molar-refractivity contribution in [2.75, 3.05) is 37.6 Å². The largest absolute Gasteiger partial charge is 0.369 e. The van der Waals surface area contributed by atoms with Gasteiger partial charge >= 0.3 is 0 Å². The van der Waals surface area contributed by atoms with Crippen LogP contribution in [0.2, 0.25) is 0 Å². The molecule has 0 unspecified atom stereocenters. The molecule has 0 atom stereocenters. The highest BCUT2D eigenvalue weighted by Gasteiger charge is 2.24. The first-order chi connectivity index (χ1) is 13.5. The van der Waals surface area contributed by atoms with Gasteiger partial charge in [-0.05, 0) is 50.5 Å². The van der Waals surface area contributed by atoms with Crippen LogP contribution in [0.15, 0.2) is 48.5 Å². The average molecular weight is 380 g/mol. The van der Waals surface area contributed by atoms with E-state index in [9.17, 15) is 4.79 Å². The van der Waals surface area contributed by atoms with Crippen molar-refractivity contribution in [3.63, 3.8) is 0 Å². The van der Waals surface area contributed by atoms with Gasteiger partial charge in [-0.15, -0.1) is 0 Å². The molecule has 1 amide bonds. The third-order valence-corrected chi connectivity index (χ3v) is 5.79. The van der Waals surface area contributed by atoms with Gasteiger partial charge in [-0.1, -0.05) is 42.5 Å². The van der Waals surface area contributed by atoms with Crippen LogP contribution in [-0.4, -0.2) is 54.5 Å². The summed E-state index contributed by atoms with van der Waals surface area (Å²) in [6.07, 6.45) is 0. The Kier molecular flexibility index (Phi) is 6.74. The lowest BCUT2D eigenvalue weighted by Crippen LogP contribution is -2.51. The lowest BCUT2D eigenvalue weighted by atomic mass is 10.1. The lowest BCUT2D eigenvalue weighted by molar-refractivity contribution is -0.134. The number of rotatable bonds is 6. The molecule has 1 fully saturated rings. The Morgan fingerprint density at radius 3 is 2.29 bits per heavy atom. The Bertz CT molecular complexity index is 780. The van der Waals surface area contributed by atoms with Crippen LogP contribution >= 0.6 is 0 Å². The molecular weight excluding hydrogens is 346 g/mol. The minimum absolute atomic E-state index is 0.198. The predicted molar refractivity (Wildman–Crippen MR) is 117 cm³/mol. The molecule has 4 nitrogen and oxygen atoms in total. The zero-order chi connectivity index (χ0) is 20.1. The molecule has 0 radical (unpaired) electrons. The number of aryl methyl sites for hydroxylation is 1. The predicted octanol–water partition coefficient (Wildman–Crippen LogP) is 3.86. The fourth-order valence-corrected chi connectivity index (χ4v) is 3.85. The molecule has 0 aliphatic carbocycles. The van der Waals surface area contributed by atoms with E-state index in [1.165, 1.54) is 22.4 Å². The van der Waals surface area contributed by atoms with Crippen molar-refractivity contribution in [3.05, 3.63) is 65.2 Å². The van der Waals surface area contributed by atoms with Crippen molar-refractivity contribution in [1.82, 2.24) is 9.80 Å². The van der Waals surface area contributed by atoms with Gasteiger partial charge in [-0.25, -0.2) is 0 Å². The second-order valence-corrected chi connectivity index (χ2v) is 8.08. The van der Waals surface area contributed by atoms with E-state index in [-0.39, 0.29) is 11.9 Å². The summed E-state index contributed by atoms with van der Waals surface area (Å²) in [4.78, 5) is 19.7. The fourth-order valence-electron chi connectivity index (χ4n) is 3.85. The van der Waals surface area contributed by atoms with Gasteiger partial charge < -0.3 is 9.80 Å². The first-order valence-corrected chi connectivity index (χ1v) is 10.3. The molecule has 4 heteroatoms. The molecule has 0 saturated carbocycles. The van der Waals surface area contributed by atoms with Crippen LogP contribution in [-0.2, 0) is 11.3 Å². The maximum atomic E-state index is 13.0. The first-order valence-electron chi connectivity index (χ1n) is 10.3. The molecule has 1 saturated heterocycles. The molecule has 150 valence electrons. The second-order valence-electron chi connectivity index (χ2n) is 8.08. The standard InChI is InChI=1S/C24H33N3O/c1-19(2)27(17-22-10-6-5-7-11-22)24(28)18-25-13-15-26(16-14-25)23-12-8-9-20(3)21(23)4/h5-12,19H,13-18H2,1-4H3. The Morgan fingerprint density at radius 1 is 0.964 bits per heavy atom. The summed E-state index contributed by atoms with van der Waals surface area (Å²) in [5.41, 5.74) is 5.22. The van der Waals surface area contributed by atoms with Gasteiger partial charge in [0.25, 0.3) is 0 Å². The highest BCUT2D eigenvalue weighted by atomic mass is 16.2. The molecule has 0 aromatic heterocycles. The van der Waals surface area contributed by atoms with E-state index in [1.54, 1.807) is 0 Å². The van der Waals surface area contributed by atoms with E-state index in [1.807, 2.05) is 23.1 Å². The summed E-state index contributed by atoms with van der Waals surface area (Å²) in [5.74, 6) is 0.221. The van der Waals surface area contributed by atoms with Gasteiger partial charge in [0.15, 0.2) is 0 Å². The first kappa shape index (κ1) is 20.4. The maximum absolute atomic E-state index is 13.0. The van der Waals surface area contributed by atoms with E-state index < -0.39 is 0 Å². The number of amides is 1. The molecule has 3 rings (SSSR count). The number of piperazine rings is 1. The van der Waals surface area contributed by atoms with E-state index in [0.717, 1.165) is 26.2 Å². The van der Waals surface area contributed by atoms with Crippen molar-refractivity contribution in [1.29, 1.82) is 0 Å². The number of benzene rings is 2. The zero-order valence-electron chi connectivity index (χ0n) is 17.7. The monoisotopic (exact) mass is 379 g/mol. The Hall–Kier alpha value is -2.33. The summed E-state index contributed by atoms with van der Waals surface area (Å²) in [6, 6.07) is 17.0. The van der Waals surface area contributed by atoms with Crippen LogP contribution in [0.5, 0.6) is 0 Å². The molecule has 28 heavy (non-hydrogen) atoms. The Morgan fingerprint density at radius 2 is 1.64 bits per heavy atom. The molecule has 2 aromatic carbocycles. The summed E-state index contributed by atoms with van der Waals surface area (Å²) in [5, 5.41) is 0. The van der Waals surface area contributed by atoms with Crippen LogP contribution in [0.4, 0.5) is 5.69 Å². The minimum atomic E-state index is 0.198. The molecule has 0 bridgehead atoms. The van der Waals surface area contributed by atoms with Crippen molar-refractivity contribution in [2.24, 2.45) is 0 Å². The van der Waals surface area contributed by atoms with Crippen LogP contribution in [0.1, 0.15) is 30.5 Å². The van der Waals surface area contributed by atoms with Crippen LogP contribution in [0.3, 0.4) is 0 Å². The van der Waals surface area contributed by atoms with Gasteiger partial charge in [0.1, 0.15) is 0 Å². The number of hydrogen-bond donors (Lipinski definition) is 0. The van der Waals surface area contributed by atoms with Crippen molar-refractivity contribution < 1.29 is 4.79 Å². The van der Waals surface area contributed by atoms with E-state index in [2.05, 4.69) is 67.8 Å². The fraction of sp³-hybridized carbons (Fsp3) is 0.458. The normalized spacial score (nSPS) is 15.1. The molecule has 1 heterocycles. The van der Waals surface area contributed by atoms with Crippen LogP contribution in [0, 0.1) is 13.8 Å². The van der Waals surface area contributed by atoms with Gasteiger partial charge in [0, 0.05) is 44.5 Å². The summed E-state index contributed by atoms with van der Waals surface area (Å²) >= 11 is 0. The second kappa shape index (κ2) is 9.24. The third-order valence-electron chi connectivity index (χ3n) is 5.79. The quantitative estimate of drug-likeness (QED) is 0.762. The minimum Gasteiger partial charge on any atom is -0.369 e. The van der Waals surface area contributed by atoms with Gasteiger partial charge in [0.05, 0.1) is 6.54 Å². The molecule has 0 spiro atoms. The highest BCUT2D eigenvalue weighted by Crippen LogP contribution is 2.24. The average Bonchev–Trinajstić information content (AvgIpc) is 2.69. The number of anilines is 1. The number of carbonyl (C=O) groups excluding carboxylic acids is 1. The number of carbonyl (C=O) groups is 1. The van der Waals surface area contributed by atoms with Gasteiger partial charge in [-0.3, -0.25) is 9.69 Å². The van der Waals surface area contributed by atoms with Crippen LogP contribution < -0.4 is 4.90 Å². The van der Waals surface area contributed by atoms with Crippen molar-refractivity contribution in [2.45, 2.75) is 40.3 Å². The summed E-state index contributed by atoms with van der Waals surface area (Å²) in [7, 11) is 0. The topological polar surface area (TPSA) is 26.8 Å². The maximum Gasteiger partial charge on any atom is 0.237 e. The smallest absolute Gasteiger partial charge is 0.237 e. The molecule has 2 aromatic rings. The molecular formula is C24H33N3O. The van der Waals surface area contributed by atoms with Crippen molar-refractivity contribution >= 4 is 11.6 Å². The molecule has 0 N–H and O–H groups in total. The number of nitrogens with zero attached hydrogens (tertiary/aromatic N) is 3. The highest BCUT2D eigenvalue weighted by molar-refractivity contribution is 5.78. The van der Waals surface area contributed by atoms with Gasteiger partial charge in [0.2, 0.25) is 5.91 Å². The Balaban J connectivity index is 1.57. The Labute approximate surface area is 169 Å². The molecule has 1 aliphatic rings. The summed E-state index contributed by atoms with van der Waals surface area (Å²) in [6.45, 7) is 13.5. The van der Waals surface area contributed by atoms with E-state index >= 15 is 0 Å². The molecule has 1 aliphatic heterocycles. The third kappa shape index (κ3) is 4.93. The number of hydrogen-bond acceptors (Lipinski definition) is 3. The van der Waals surface area contributed by atoms with Gasteiger partial charge in [-0.2, -0.15) is 0 Å². The van der Waals surface area contributed by atoms with E-state index in [4.69, 9.17) is 0 Å². The van der Waals surface area contributed by atoms with E-state index in [0.29, 0.717) is 13.1 Å².